The summed E-state index contributed by atoms with van der Waals surface area (Å²) in [5.41, 5.74) is 0.922. The van der Waals surface area contributed by atoms with E-state index in [4.69, 9.17) is 9.47 Å². The zero-order chi connectivity index (χ0) is 15.7. The molecule has 7 heteroatoms. The van der Waals surface area contributed by atoms with Gasteiger partial charge in [-0.05, 0) is 13.0 Å². The molecule has 1 aromatic carbocycles. The molecule has 2 heterocycles. The molecule has 1 saturated heterocycles. The van der Waals surface area contributed by atoms with E-state index in [1.165, 1.54) is 11.3 Å². The number of thiazole rings is 1. The Hall–Kier alpha value is -1.73. The van der Waals surface area contributed by atoms with Crippen LogP contribution >= 0.6 is 23.1 Å². The number of hydrogen-bond acceptors (Lipinski definition) is 6. The minimum Gasteiger partial charge on any atom is -0.493 e. The minimum atomic E-state index is -0.150. The third kappa shape index (κ3) is 2.55. The van der Waals surface area contributed by atoms with Crippen LogP contribution in [0.1, 0.15) is 15.8 Å². The maximum absolute atomic E-state index is 12.3. The first-order valence-corrected chi connectivity index (χ1v) is 8.59. The van der Waals surface area contributed by atoms with Gasteiger partial charge >= 0.3 is 0 Å². The van der Waals surface area contributed by atoms with Gasteiger partial charge in [-0.25, -0.2) is 4.98 Å². The van der Waals surface area contributed by atoms with Crippen LogP contribution in [0.15, 0.2) is 24.4 Å². The zero-order valence-corrected chi connectivity index (χ0v) is 14.2. The van der Waals surface area contributed by atoms with E-state index in [1.807, 2.05) is 25.1 Å². The van der Waals surface area contributed by atoms with Crippen molar-refractivity contribution in [3.05, 3.63) is 34.8 Å². The Morgan fingerprint density at radius 2 is 2.14 bits per heavy atom. The maximum atomic E-state index is 12.3. The second kappa shape index (κ2) is 6.18. The highest BCUT2D eigenvalue weighted by Crippen LogP contribution is 2.47. The molecule has 1 aliphatic rings. The number of aryl methyl sites for hydroxylation is 1. The largest absolute Gasteiger partial charge is 0.493 e. The highest BCUT2D eigenvalue weighted by atomic mass is 32.2. The first kappa shape index (κ1) is 15.2. The summed E-state index contributed by atoms with van der Waals surface area (Å²) < 4.78 is 10.9. The zero-order valence-electron chi connectivity index (χ0n) is 12.5. The van der Waals surface area contributed by atoms with Crippen LogP contribution in [0.2, 0.25) is 0 Å². The summed E-state index contributed by atoms with van der Waals surface area (Å²) >= 11 is 3.09. The van der Waals surface area contributed by atoms with Gasteiger partial charge in [0, 0.05) is 16.6 Å². The van der Waals surface area contributed by atoms with Crippen molar-refractivity contribution in [1.82, 2.24) is 4.98 Å². The normalized spacial score (nSPS) is 17.9. The summed E-state index contributed by atoms with van der Waals surface area (Å²) in [7, 11) is 3.22. The lowest BCUT2D eigenvalue weighted by Gasteiger charge is -2.23. The second-order valence-electron chi connectivity index (χ2n) is 4.76. The molecule has 1 amide bonds. The van der Waals surface area contributed by atoms with Crippen molar-refractivity contribution in [2.75, 3.05) is 24.9 Å². The number of hydrogen-bond donors (Lipinski definition) is 0. The van der Waals surface area contributed by atoms with Crippen molar-refractivity contribution >= 4 is 34.1 Å². The molecule has 0 bridgehead atoms. The standard InChI is InChI=1S/C15H16N2O3S2/c1-9-7-16-15(22-9)17-12(18)8-21-14(17)10-5-4-6-11(19-2)13(10)20-3/h4-7,14H,8H2,1-3H3. The molecule has 1 atom stereocenters. The van der Waals surface area contributed by atoms with Crippen molar-refractivity contribution < 1.29 is 14.3 Å². The van der Waals surface area contributed by atoms with Crippen molar-refractivity contribution in [2.45, 2.75) is 12.3 Å². The molecule has 1 aromatic heterocycles. The number of para-hydroxylation sites is 1. The number of benzene rings is 1. The number of carbonyl (C=O) groups is 1. The predicted octanol–water partition coefficient (Wildman–Crippen LogP) is 3.25. The van der Waals surface area contributed by atoms with Crippen LogP contribution in [0.25, 0.3) is 0 Å². The van der Waals surface area contributed by atoms with E-state index in [0.29, 0.717) is 17.3 Å². The lowest BCUT2D eigenvalue weighted by atomic mass is 10.1. The van der Waals surface area contributed by atoms with E-state index in [1.54, 1.807) is 37.1 Å². The van der Waals surface area contributed by atoms with Crippen LogP contribution in [0.3, 0.4) is 0 Å². The summed E-state index contributed by atoms with van der Waals surface area (Å²) in [6.45, 7) is 1.98. The molecule has 5 nitrogen and oxygen atoms in total. The highest BCUT2D eigenvalue weighted by molar-refractivity contribution is 8.00. The summed E-state index contributed by atoms with van der Waals surface area (Å²) in [4.78, 5) is 19.5. The molecule has 1 fully saturated rings. The van der Waals surface area contributed by atoms with Gasteiger partial charge in [-0.3, -0.25) is 9.69 Å². The molecule has 22 heavy (non-hydrogen) atoms. The predicted molar refractivity (Wildman–Crippen MR) is 89.1 cm³/mol. The summed E-state index contributed by atoms with van der Waals surface area (Å²) in [6, 6.07) is 5.72. The monoisotopic (exact) mass is 336 g/mol. The van der Waals surface area contributed by atoms with Crippen molar-refractivity contribution in [1.29, 1.82) is 0 Å². The molecule has 0 aliphatic carbocycles. The van der Waals surface area contributed by atoms with E-state index in [0.717, 1.165) is 15.6 Å². The van der Waals surface area contributed by atoms with Gasteiger partial charge in [-0.15, -0.1) is 23.1 Å². The smallest absolute Gasteiger partial charge is 0.240 e. The maximum Gasteiger partial charge on any atom is 0.240 e. The third-order valence-electron chi connectivity index (χ3n) is 3.38. The molecule has 0 N–H and O–H groups in total. The number of ether oxygens (including phenoxy) is 2. The number of rotatable bonds is 4. The summed E-state index contributed by atoms with van der Waals surface area (Å²) in [6.07, 6.45) is 1.79. The lowest BCUT2D eigenvalue weighted by Crippen LogP contribution is -2.27. The highest BCUT2D eigenvalue weighted by Gasteiger charge is 2.37. The van der Waals surface area contributed by atoms with Crippen LogP contribution in [-0.2, 0) is 4.79 Å². The summed E-state index contributed by atoms with van der Waals surface area (Å²) in [5, 5.41) is 0.575. The van der Waals surface area contributed by atoms with Gasteiger partial charge < -0.3 is 9.47 Å². The number of anilines is 1. The minimum absolute atomic E-state index is 0.0641. The van der Waals surface area contributed by atoms with Crippen LogP contribution in [0, 0.1) is 6.92 Å². The molecular formula is C15H16N2O3S2. The summed E-state index contributed by atoms with van der Waals surface area (Å²) in [5.74, 6) is 1.82. The van der Waals surface area contributed by atoms with Gasteiger partial charge in [0.05, 0.1) is 20.0 Å². The fraction of sp³-hybridized carbons (Fsp3) is 0.333. The van der Waals surface area contributed by atoms with E-state index in [9.17, 15) is 4.79 Å². The number of amides is 1. The van der Waals surface area contributed by atoms with Gasteiger partial charge in [0.2, 0.25) is 5.91 Å². The van der Waals surface area contributed by atoms with Crippen LogP contribution in [0.4, 0.5) is 5.13 Å². The molecule has 1 aliphatic heterocycles. The fourth-order valence-electron chi connectivity index (χ4n) is 2.42. The Morgan fingerprint density at radius 1 is 1.32 bits per heavy atom. The average molecular weight is 336 g/mol. The van der Waals surface area contributed by atoms with Gasteiger partial charge in [0.1, 0.15) is 5.37 Å². The third-order valence-corrected chi connectivity index (χ3v) is 5.49. The van der Waals surface area contributed by atoms with Crippen LogP contribution in [-0.4, -0.2) is 30.9 Å². The lowest BCUT2D eigenvalue weighted by molar-refractivity contribution is -0.115. The number of aromatic nitrogens is 1. The Morgan fingerprint density at radius 3 is 2.77 bits per heavy atom. The molecule has 0 spiro atoms. The van der Waals surface area contributed by atoms with Crippen LogP contribution in [0.5, 0.6) is 11.5 Å². The van der Waals surface area contributed by atoms with E-state index >= 15 is 0 Å². The Labute approximate surface area is 137 Å². The van der Waals surface area contributed by atoms with Crippen molar-refractivity contribution in [3.8, 4) is 11.5 Å². The van der Waals surface area contributed by atoms with E-state index in [2.05, 4.69) is 4.98 Å². The second-order valence-corrected chi connectivity index (χ2v) is 7.05. The van der Waals surface area contributed by atoms with Crippen LogP contribution < -0.4 is 14.4 Å². The fourth-order valence-corrected chi connectivity index (χ4v) is 4.46. The number of methoxy groups -OCH3 is 2. The van der Waals surface area contributed by atoms with Crippen molar-refractivity contribution in [3.63, 3.8) is 0 Å². The molecule has 3 rings (SSSR count). The first-order valence-electron chi connectivity index (χ1n) is 6.72. The Kier molecular flexibility index (Phi) is 4.26. The topological polar surface area (TPSA) is 51.7 Å². The van der Waals surface area contributed by atoms with E-state index < -0.39 is 0 Å². The molecule has 2 aromatic rings. The average Bonchev–Trinajstić information content (AvgIpc) is 3.11. The SMILES string of the molecule is COc1cccc(C2SCC(=O)N2c2ncc(C)s2)c1OC. The molecule has 1 unspecified atom stereocenters. The van der Waals surface area contributed by atoms with Gasteiger partial charge in [0.25, 0.3) is 0 Å². The molecule has 0 radical (unpaired) electrons. The van der Waals surface area contributed by atoms with Gasteiger partial charge in [-0.2, -0.15) is 0 Å². The molecule has 116 valence electrons. The van der Waals surface area contributed by atoms with E-state index in [-0.39, 0.29) is 11.3 Å². The number of carbonyl (C=O) groups excluding carboxylic acids is 1. The Bertz CT molecular complexity index is 702. The van der Waals surface area contributed by atoms with Gasteiger partial charge in [-0.1, -0.05) is 12.1 Å². The number of nitrogens with zero attached hydrogens (tertiary/aromatic N) is 2. The van der Waals surface area contributed by atoms with Gasteiger partial charge in [0.15, 0.2) is 16.6 Å². The first-order chi connectivity index (χ1) is 10.7. The Balaban J connectivity index is 2.05. The number of thioether (sulfide) groups is 1. The van der Waals surface area contributed by atoms with Crippen molar-refractivity contribution in [2.24, 2.45) is 0 Å². The molecule has 0 saturated carbocycles. The quantitative estimate of drug-likeness (QED) is 0.858. The molecular weight excluding hydrogens is 320 g/mol.